The van der Waals surface area contributed by atoms with Crippen LogP contribution in [0.1, 0.15) is 53.5 Å². The van der Waals surface area contributed by atoms with Crippen molar-refractivity contribution in [1.29, 1.82) is 0 Å². The number of likely N-dealkylation sites (tertiary alicyclic amines) is 1. The summed E-state index contributed by atoms with van der Waals surface area (Å²) < 4.78 is 7.59. The standard InChI is InChI=1S/C23H28N4O3/c1-16-5-11-30-23(12-16)6-9-26(10-7-23)21(28)20-17(2)4-8-27(22(20)29)15-19-14-24-18(3)13-25-19/h4,8,12-14H,5-7,9-11,15H2,1-3H3. The van der Waals surface area contributed by atoms with E-state index in [2.05, 4.69) is 23.0 Å². The third-order valence-electron chi connectivity index (χ3n) is 6.05. The van der Waals surface area contributed by atoms with E-state index >= 15 is 0 Å². The fraction of sp³-hybridized carbons (Fsp3) is 0.478. The summed E-state index contributed by atoms with van der Waals surface area (Å²) in [6.07, 6.45) is 9.76. The Morgan fingerprint density at radius 3 is 2.60 bits per heavy atom. The van der Waals surface area contributed by atoms with Gasteiger partial charge in [-0.2, -0.15) is 0 Å². The number of carbonyl (C=O) groups excluding carboxylic acids is 1. The van der Waals surface area contributed by atoms with Gasteiger partial charge in [0.05, 0.1) is 36.3 Å². The highest BCUT2D eigenvalue weighted by molar-refractivity contribution is 5.95. The SMILES string of the molecule is CC1=CC2(CCN(C(=O)c3c(C)ccn(Cc4cnc(C)cn4)c3=O)CC2)OCC1. The van der Waals surface area contributed by atoms with Gasteiger partial charge in [-0.25, -0.2) is 0 Å². The van der Waals surface area contributed by atoms with Gasteiger partial charge < -0.3 is 14.2 Å². The van der Waals surface area contributed by atoms with Crippen LogP contribution in [-0.2, 0) is 11.3 Å². The van der Waals surface area contributed by atoms with Crippen molar-refractivity contribution in [2.75, 3.05) is 19.7 Å². The molecule has 0 bridgehead atoms. The van der Waals surface area contributed by atoms with E-state index in [9.17, 15) is 9.59 Å². The van der Waals surface area contributed by atoms with Gasteiger partial charge in [0.2, 0.25) is 0 Å². The smallest absolute Gasteiger partial charge is 0.264 e. The zero-order valence-electron chi connectivity index (χ0n) is 17.9. The van der Waals surface area contributed by atoms with Crippen molar-refractivity contribution in [3.63, 3.8) is 0 Å². The first kappa shape index (κ1) is 20.5. The van der Waals surface area contributed by atoms with E-state index in [1.807, 2.05) is 19.9 Å². The number of amides is 1. The first-order chi connectivity index (χ1) is 14.4. The van der Waals surface area contributed by atoms with Crippen LogP contribution in [0.15, 0.2) is 41.1 Å². The molecule has 4 heterocycles. The summed E-state index contributed by atoms with van der Waals surface area (Å²) in [5.41, 5.74) is 3.25. The van der Waals surface area contributed by atoms with Crippen molar-refractivity contribution >= 4 is 5.91 Å². The molecule has 2 aromatic heterocycles. The molecule has 7 heteroatoms. The van der Waals surface area contributed by atoms with E-state index in [1.165, 1.54) is 10.1 Å². The Bertz CT molecular complexity index is 1030. The number of ether oxygens (including phenoxy) is 1. The summed E-state index contributed by atoms with van der Waals surface area (Å²) in [5, 5.41) is 0. The Labute approximate surface area is 176 Å². The predicted molar refractivity (Wildman–Crippen MR) is 114 cm³/mol. The maximum absolute atomic E-state index is 13.3. The first-order valence-corrected chi connectivity index (χ1v) is 10.5. The van der Waals surface area contributed by atoms with Crippen LogP contribution < -0.4 is 5.56 Å². The number of pyridine rings is 1. The molecule has 0 saturated carbocycles. The summed E-state index contributed by atoms with van der Waals surface area (Å²) in [7, 11) is 0. The lowest BCUT2D eigenvalue weighted by atomic mass is 9.86. The third kappa shape index (κ3) is 4.07. The van der Waals surface area contributed by atoms with Crippen LogP contribution in [0.3, 0.4) is 0 Å². The zero-order valence-corrected chi connectivity index (χ0v) is 17.9. The second-order valence-corrected chi connectivity index (χ2v) is 8.40. The number of hydrogen-bond acceptors (Lipinski definition) is 5. The average Bonchev–Trinajstić information content (AvgIpc) is 2.72. The largest absolute Gasteiger partial charge is 0.370 e. The fourth-order valence-electron chi connectivity index (χ4n) is 4.24. The van der Waals surface area contributed by atoms with E-state index in [0.717, 1.165) is 31.6 Å². The molecular formula is C23H28N4O3. The molecule has 7 nitrogen and oxygen atoms in total. The maximum atomic E-state index is 13.3. The second kappa shape index (κ2) is 8.14. The van der Waals surface area contributed by atoms with Crippen molar-refractivity contribution in [3.05, 3.63) is 69.2 Å². The molecule has 4 rings (SSSR count). The van der Waals surface area contributed by atoms with Gasteiger partial charge in [0.15, 0.2) is 0 Å². The van der Waals surface area contributed by atoms with Crippen molar-refractivity contribution in [2.24, 2.45) is 0 Å². The molecule has 30 heavy (non-hydrogen) atoms. The first-order valence-electron chi connectivity index (χ1n) is 10.5. The van der Waals surface area contributed by atoms with Gasteiger partial charge in [0, 0.05) is 25.5 Å². The van der Waals surface area contributed by atoms with Gasteiger partial charge in [-0.15, -0.1) is 0 Å². The lowest BCUT2D eigenvalue weighted by Gasteiger charge is -2.42. The Morgan fingerprint density at radius 1 is 1.17 bits per heavy atom. The molecule has 0 aliphatic carbocycles. The van der Waals surface area contributed by atoms with Gasteiger partial charge in [0.1, 0.15) is 5.56 Å². The lowest BCUT2D eigenvalue weighted by Crippen LogP contribution is -2.49. The molecular weight excluding hydrogens is 380 g/mol. The minimum atomic E-state index is -0.285. The maximum Gasteiger partial charge on any atom is 0.264 e. The third-order valence-corrected chi connectivity index (χ3v) is 6.05. The Balaban J connectivity index is 1.53. The van der Waals surface area contributed by atoms with Crippen LogP contribution in [-0.4, -0.2) is 50.6 Å². The summed E-state index contributed by atoms with van der Waals surface area (Å²) >= 11 is 0. The van der Waals surface area contributed by atoms with E-state index < -0.39 is 0 Å². The molecule has 1 fully saturated rings. The number of rotatable bonds is 3. The van der Waals surface area contributed by atoms with Crippen molar-refractivity contribution < 1.29 is 9.53 Å². The van der Waals surface area contributed by atoms with Crippen molar-refractivity contribution in [3.8, 4) is 0 Å². The zero-order chi connectivity index (χ0) is 21.3. The van der Waals surface area contributed by atoms with E-state index in [-0.39, 0.29) is 29.2 Å². The number of carbonyl (C=O) groups is 1. The molecule has 0 unspecified atom stereocenters. The van der Waals surface area contributed by atoms with Crippen LogP contribution in [0.4, 0.5) is 0 Å². The van der Waals surface area contributed by atoms with Gasteiger partial charge in [0.25, 0.3) is 11.5 Å². The van der Waals surface area contributed by atoms with Crippen LogP contribution in [0.2, 0.25) is 0 Å². The molecule has 0 N–H and O–H groups in total. The number of aromatic nitrogens is 3. The number of hydrogen-bond donors (Lipinski definition) is 0. The Hall–Kier alpha value is -2.80. The van der Waals surface area contributed by atoms with E-state index in [4.69, 9.17) is 4.74 Å². The molecule has 1 spiro atoms. The molecule has 0 radical (unpaired) electrons. The number of nitrogens with zero attached hydrogens (tertiary/aromatic N) is 4. The quantitative estimate of drug-likeness (QED) is 0.730. The average molecular weight is 409 g/mol. The molecule has 158 valence electrons. The predicted octanol–water partition coefficient (Wildman–Crippen LogP) is 2.64. The lowest BCUT2D eigenvalue weighted by molar-refractivity contribution is -0.0522. The Kier molecular flexibility index (Phi) is 5.56. The van der Waals surface area contributed by atoms with Gasteiger partial charge >= 0.3 is 0 Å². The molecule has 2 aliphatic rings. The highest BCUT2D eigenvalue weighted by Gasteiger charge is 2.37. The second-order valence-electron chi connectivity index (χ2n) is 8.40. The van der Waals surface area contributed by atoms with Crippen LogP contribution in [0, 0.1) is 13.8 Å². The van der Waals surface area contributed by atoms with E-state index in [0.29, 0.717) is 24.3 Å². The molecule has 0 aromatic carbocycles. The van der Waals surface area contributed by atoms with Crippen molar-refractivity contribution in [2.45, 2.75) is 52.2 Å². The monoisotopic (exact) mass is 408 g/mol. The highest BCUT2D eigenvalue weighted by Crippen LogP contribution is 2.33. The topological polar surface area (TPSA) is 77.3 Å². The normalized spacial score (nSPS) is 18.4. The fourth-order valence-corrected chi connectivity index (χ4v) is 4.24. The summed E-state index contributed by atoms with van der Waals surface area (Å²) in [6.45, 7) is 8.00. The highest BCUT2D eigenvalue weighted by atomic mass is 16.5. The molecule has 1 saturated heterocycles. The van der Waals surface area contributed by atoms with Gasteiger partial charge in [-0.05, 0) is 51.7 Å². The molecule has 0 atom stereocenters. The Morgan fingerprint density at radius 2 is 1.93 bits per heavy atom. The van der Waals surface area contributed by atoms with Crippen molar-refractivity contribution in [1.82, 2.24) is 19.4 Å². The van der Waals surface area contributed by atoms with E-state index in [1.54, 1.807) is 23.5 Å². The summed E-state index contributed by atoms with van der Waals surface area (Å²) in [4.78, 5) is 36.7. The van der Waals surface area contributed by atoms with Gasteiger partial charge in [-0.1, -0.05) is 11.6 Å². The number of piperidine rings is 1. The molecule has 1 amide bonds. The molecule has 2 aliphatic heterocycles. The number of aryl methyl sites for hydroxylation is 2. The minimum absolute atomic E-state index is 0.201. The minimum Gasteiger partial charge on any atom is -0.370 e. The van der Waals surface area contributed by atoms with Crippen LogP contribution in [0.5, 0.6) is 0 Å². The van der Waals surface area contributed by atoms with Crippen LogP contribution >= 0.6 is 0 Å². The summed E-state index contributed by atoms with van der Waals surface area (Å²) in [6, 6.07) is 1.82. The summed E-state index contributed by atoms with van der Waals surface area (Å²) in [5.74, 6) is -0.201. The van der Waals surface area contributed by atoms with Crippen LogP contribution in [0.25, 0.3) is 0 Å². The van der Waals surface area contributed by atoms with Gasteiger partial charge in [-0.3, -0.25) is 19.6 Å². The molecule has 2 aromatic rings.